The number of hydrogen-bond donors (Lipinski definition) is 1. The molecular weight excluding hydrogens is 256 g/mol. The fourth-order valence-electron chi connectivity index (χ4n) is 2.24. The molecule has 2 heterocycles. The van der Waals surface area contributed by atoms with Crippen molar-refractivity contribution in [3.8, 4) is 0 Å². The lowest BCUT2D eigenvalue weighted by atomic mass is 10.00. The van der Waals surface area contributed by atoms with Crippen LogP contribution in [-0.2, 0) is 0 Å². The van der Waals surface area contributed by atoms with Gasteiger partial charge >= 0.3 is 0 Å². The van der Waals surface area contributed by atoms with Gasteiger partial charge in [-0.3, -0.25) is 4.99 Å². The average Bonchev–Trinajstić information content (AvgIpc) is 2.83. The van der Waals surface area contributed by atoms with Crippen LogP contribution in [0, 0.1) is 12.8 Å². The number of nitrogens with zero attached hydrogens (tertiary/aromatic N) is 3. The maximum absolute atomic E-state index is 6.08. The molecule has 1 aromatic rings. The first kappa shape index (κ1) is 14.3. The number of rotatable bonds is 3. The van der Waals surface area contributed by atoms with E-state index in [4.69, 9.17) is 5.73 Å². The zero-order valence-electron chi connectivity index (χ0n) is 12.1. The molecule has 106 valence electrons. The van der Waals surface area contributed by atoms with Crippen molar-refractivity contribution < 1.29 is 0 Å². The summed E-state index contributed by atoms with van der Waals surface area (Å²) in [6.07, 6.45) is 2.44. The van der Waals surface area contributed by atoms with Crippen LogP contribution in [0.25, 0.3) is 0 Å². The van der Waals surface area contributed by atoms with Crippen molar-refractivity contribution in [2.45, 2.75) is 39.5 Å². The quantitative estimate of drug-likeness (QED) is 0.684. The normalized spacial score (nSPS) is 19.7. The Balaban J connectivity index is 1.87. The Morgan fingerprint density at radius 1 is 1.58 bits per heavy atom. The summed E-state index contributed by atoms with van der Waals surface area (Å²) in [6.45, 7) is 9.30. The van der Waals surface area contributed by atoms with Gasteiger partial charge in [-0.15, -0.1) is 11.3 Å². The fraction of sp³-hybridized carbons (Fsp3) is 0.714. The van der Waals surface area contributed by atoms with Crippen LogP contribution in [0.4, 0.5) is 0 Å². The molecule has 1 aliphatic heterocycles. The molecule has 0 spiro atoms. The van der Waals surface area contributed by atoms with Gasteiger partial charge in [-0.25, -0.2) is 4.98 Å². The van der Waals surface area contributed by atoms with Gasteiger partial charge in [-0.05, 0) is 25.7 Å². The molecule has 0 saturated carbocycles. The Morgan fingerprint density at radius 2 is 2.26 bits per heavy atom. The van der Waals surface area contributed by atoms with Crippen LogP contribution in [0.1, 0.15) is 43.3 Å². The lowest BCUT2D eigenvalue weighted by molar-refractivity contribution is 0.277. The van der Waals surface area contributed by atoms with Gasteiger partial charge in [-0.2, -0.15) is 0 Å². The summed E-state index contributed by atoms with van der Waals surface area (Å²) in [5.74, 6) is 1.87. The highest BCUT2D eigenvalue weighted by Gasteiger charge is 2.17. The molecule has 19 heavy (non-hydrogen) atoms. The minimum Gasteiger partial charge on any atom is -0.370 e. The number of aliphatic imine (C=N–C) groups is 1. The number of thiazole rings is 1. The van der Waals surface area contributed by atoms with Crippen molar-refractivity contribution in [2.75, 3.05) is 19.6 Å². The number of aromatic nitrogens is 1. The Bertz CT molecular complexity index is 432. The molecule has 1 saturated heterocycles. The predicted octanol–water partition coefficient (Wildman–Crippen LogP) is 2.60. The number of piperidine rings is 1. The third-order valence-electron chi connectivity index (χ3n) is 3.69. The first-order chi connectivity index (χ1) is 9.06. The maximum atomic E-state index is 6.08. The van der Waals surface area contributed by atoms with Gasteiger partial charge in [-0.1, -0.05) is 13.8 Å². The van der Waals surface area contributed by atoms with Crippen molar-refractivity contribution in [1.29, 1.82) is 0 Å². The van der Waals surface area contributed by atoms with Gasteiger partial charge < -0.3 is 10.6 Å². The summed E-state index contributed by atoms with van der Waals surface area (Å²) in [7, 11) is 0. The lowest BCUT2D eigenvalue weighted by Gasteiger charge is -2.31. The summed E-state index contributed by atoms with van der Waals surface area (Å²) >= 11 is 1.71. The number of aryl methyl sites for hydroxylation is 1. The van der Waals surface area contributed by atoms with E-state index in [-0.39, 0.29) is 0 Å². The minimum atomic E-state index is 0.348. The lowest BCUT2D eigenvalue weighted by Crippen LogP contribution is -2.42. The van der Waals surface area contributed by atoms with Gasteiger partial charge in [0.1, 0.15) is 0 Å². The van der Waals surface area contributed by atoms with Crippen LogP contribution >= 0.6 is 11.3 Å². The Hall–Kier alpha value is -1.10. The van der Waals surface area contributed by atoms with Crippen LogP contribution in [-0.4, -0.2) is 35.5 Å². The van der Waals surface area contributed by atoms with E-state index in [1.54, 1.807) is 11.3 Å². The van der Waals surface area contributed by atoms with Crippen molar-refractivity contribution in [2.24, 2.45) is 16.6 Å². The van der Waals surface area contributed by atoms with Crippen molar-refractivity contribution >= 4 is 17.3 Å². The average molecular weight is 280 g/mol. The molecule has 4 nitrogen and oxygen atoms in total. The zero-order chi connectivity index (χ0) is 13.8. The molecule has 0 aromatic carbocycles. The topological polar surface area (TPSA) is 54.5 Å². The van der Waals surface area contributed by atoms with E-state index in [0.29, 0.717) is 11.9 Å². The molecule has 1 aromatic heterocycles. The fourth-order valence-corrected chi connectivity index (χ4v) is 3.09. The van der Waals surface area contributed by atoms with Gasteiger partial charge in [0, 0.05) is 30.1 Å². The second kappa shape index (κ2) is 6.37. The summed E-state index contributed by atoms with van der Waals surface area (Å²) < 4.78 is 0. The molecule has 0 aliphatic carbocycles. The Labute approximate surface area is 119 Å². The third kappa shape index (κ3) is 3.93. The van der Waals surface area contributed by atoms with Crippen molar-refractivity contribution in [3.63, 3.8) is 0 Å². The Kier molecular flexibility index (Phi) is 4.80. The molecule has 0 amide bonds. The number of guanidine groups is 1. The molecular formula is C14H24N4S. The number of likely N-dealkylation sites (tertiary alicyclic amines) is 1. The van der Waals surface area contributed by atoms with E-state index in [9.17, 15) is 0 Å². The molecule has 0 radical (unpaired) electrons. The van der Waals surface area contributed by atoms with Crippen LogP contribution in [0.2, 0.25) is 0 Å². The predicted molar refractivity (Wildman–Crippen MR) is 81.7 cm³/mol. The minimum absolute atomic E-state index is 0.348. The van der Waals surface area contributed by atoms with Gasteiger partial charge in [0.25, 0.3) is 0 Å². The van der Waals surface area contributed by atoms with E-state index in [0.717, 1.165) is 36.3 Å². The van der Waals surface area contributed by atoms with Crippen LogP contribution in [0.15, 0.2) is 10.4 Å². The van der Waals surface area contributed by atoms with Gasteiger partial charge in [0.2, 0.25) is 0 Å². The summed E-state index contributed by atoms with van der Waals surface area (Å²) in [5.41, 5.74) is 7.18. The molecule has 5 heteroatoms. The van der Waals surface area contributed by atoms with E-state index >= 15 is 0 Å². The monoisotopic (exact) mass is 280 g/mol. The summed E-state index contributed by atoms with van der Waals surface area (Å²) in [6, 6.07) is 0. The van der Waals surface area contributed by atoms with Gasteiger partial charge in [0.15, 0.2) is 5.96 Å². The third-order valence-corrected chi connectivity index (χ3v) is 4.89. The highest BCUT2D eigenvalue weighted by molar-refractivity contribution is 7.09. The van der Waals surface area contributed by atoms with Crippen LogP contribution < -0.4 is 5.73 Å². The first-order valence-electron chi connectivity index (χ1n) is 7.03. The molecule has 0 bridgehead atoms. The standard InChI is InChI=1S/C14H24N4S/c1-10-4-6-18(7-5-10)14(15)16-8-11(2)13-17-12(3)9-19-13/h9-11H,4-8H2,1-3H3,(H2,15,16). The van der Waals surface area contributed by atoms with E-state index in [2.05, 4.69) is 34.1 Å². The highest BCUT2D eigenvalue weighted by atomic mass is 32.1. The van der Waals surface area contributed by atoms with E-state index < -0.39 is 0 Å². The maximum Gasteiger partial charge on any atom is 0.191 e. The molecule has 1 fully saturated rings. The SMILES string of the molecule is Cc1csc(C(C)CN=C(N)N2CCC(C)CC2)n1. The van der Waals surface area contributed by atoms with Crippen LogP contribution in [0.3, 0.4) is 0 Å². The summed E-state index contributed by atoms with van der Waals surface area (Å²) in [4.78, 5) is 11.3. The highest BCUT2D eigenvalue weighted by Crippen LogP contribution is 2.20. The second-order valence-electron chi connectivity index (χ2n) is 5.60. The molecule has 2 rings (SSSR count). The van der Waals surface area contributed by atoms with E-state index in [1.165, 1.54) is 12.8 Å². The number of nitrogens with two attached hydrogens (primary N) is 1. The smallest absolute Gasteiger partial charge is 0.191 e. The second-order valence-corrected chi connectivity index (χ2v) is 6.49. The molecule has 1 aliphatic rings. The molecule has 1 unspecified atom stereocenters. The van der Waals surface area contributed by atoms with Crippen LogP contribution in [0.5, 0.6) is 0 Å². The largest absolute Gasteiger partial charge is 0.370 e. The molecule has 1 atom stereocenters. The molecule has 2 N–H and O–H groups in total. The van der Waals surface area contributed by atoms with E-state index in [1.807, 2.05) is 6.92 Å². The Morgan fingerprint density at radius 3 is 2.84 bits per heavy atom. The zero-order valence-corrected chi connectivity index (χ0v) is 12.9. The van der Waals surface area contributed by atoms with Gasteiger partial charge in [0.05, 0.1) is 11.6 Å². The van der Waals surface area contributed by atoms with Crippen molar-refractivity contribution in [3.05, 3.63) is 16.1 Å². The van der Waals surface area contributed by atoms with Crippen molar-refractivity contribution in [1.82, 2.24) is 9.88 Å². The summed E-state index contributed by atoms with van der Waals surface area (Å²) in [5, 5.41) is 3.24. The number of hydrogen-bond acceptors (Lipinski definition) is 3. The first-order valence-corrected chi connectivity index (χ1v) is 7.91.